The van der Waals surface area contributed by atoms with E-state index in [-0.39, 0.29) is 24.6 Å². The van der Waals surface area contributed by atoms with Crippen molar-refractivity contribution in [3.8, 4) is 0 Å². The van der Waals surface area contributed by atoms with E-state index in [1.807, 2.05) is 47.8 Å². The summed E-state index contributed by atoms with van der Waals surface area (Å²) in [5.74, 6) is -3.80. The average Bonchev–Trinajstić information content (AvgIpc) is 3.48. The summed E-state index contributed by atoms with van der Waals surface area (Å²) < 4.78 is 10.9. The number of ether oxygens (including phenoxy) is 2. The minimum atomic E-state index is -1.07. The monoisotopic (exact) mass is 543 g/mol. The molecule has 1 aliphatic heterocycles. The second-order valence-electron chi connectivity index (χ2n) is 9.19. The first-order chi connectivity index (χ1) is 19.0. The second kappa shape index (κ2) is 11.2. The fourth-order valence-electron chi connectivity index (χ4n) is 5.46. The smallest absolute Gasteiger partial charge is 0.338 e. The zero-order valence-electron chi connectivity index (χ0n) is 21.7. The Kier molecular flexibility index (Phi) is 7.60. The van der Waals surface area contributed by atoms with E-state index in [1.54, 1.807) is 43.3 Å². The van der Waals surface area contributed by atoms with Crippen LogP contribution >= 0.6 is 11.3 Å². The van der Waals surface area contributed by atoms with Crippen molar-refractivity contribution in [2.45, 2.75) is 32.1 Å². The minimum Gasteiger partial charge on any atom is -0.465 e. The number of nitrogens with two attached hydrogens (primary N) is 1. The van der Waals surface area contributed by atoms with Gasteiger partial charge >= 0.3 is 11.9 Å². The lowest BCUT2D eigenvalue weighted by Crippen LogP contribution is -2.46. The summed E-state index contributed by atoms with van der Waals surface area (Å²) in [7, 11) is 0. The minimum absolute atomic E-state index is 0.131. The molecule has 3 aromatic rings. The molecule has 0 amide bonds. The van der Waals surface area contributed by atoms with Crippen LogP contribution in [0, 0.1) is 5.92 Å². The highest BCUT2D eigenvalue weighted by Crippen LogP contribution is 2.51. The van der Waals surface area contributed by atoms with Gasteiger partial charge in [0.1, 0.15) is 11.7 Å². The number of aromatic nitrogens is 1. The molecule has 0 spiro atoms. The van der Waals surface area contributed by atoms with Crippen molar-refractivity contribution in [1.82, 2.24) is 4.98 Å². The summed E-state index contributed by atoms with van der Waals surface area (Å²) in [6.45, 7) is 3.71. The zero-order valence-corrected chi connectivity index (χ0v) is 22.5. The number of carbonyl (C=O) groups excluding carboxylic acids is 3. The van der Waals surface area contributed by atoms with Crippen LogP contribution in [0.4, 0.5) is 5.69 Å². The number of benzene rings is 1. The quantitative estimate of drug-likeness (QED) is 0.338. The maximum atomic E-state index is 14.6. The normalized spacial score (nSPS) is 21.0. The number of carbonyl (C=O) groups is 3. The molecule has 0 bridgehead atoms. The van der Waals surface area contributed by atoms with Crippen molar-refractivity contribution in [3.63, 3.8) is 0 Å². The maximum Gasteiger partial charge on any atom is 0.338 e. The van der Waals surface area contributed by atoms with Gasteiger partial charge in [-0.1, -0.05) is 30.3 Å². The van der Waals surface area contributed by atoms with Crippen LogP contribution in [0.2, 0.25) is 0 Å². The van der Waals surface area contributed by atoms with E-state index in [9.17, 15) is 14.4 Å². The highest BCUT2D eigenvalue weighted by molar-refractivity contribution is 7.10. The van der Waals surface area contributed by atoms with Gasteiger partial charge < -0.3 is 15.2 Å². The van der Waals surface area contributed by atoms with Crippen LogP contribution in [-0.4, -0.2) is 35.9 Å². The molecule has 0 unspecified atom stereocenters. The van der Waals surface area contributed by atoms with E-state index in [0.29, 0.717) is 28.9 Å². The van der Waals surface area contributed by atoms with E-state index in [0.717, 1.165) is 4.88 Å². The first-order valence-electron chi connectivity index (χ1n) is 12.9. The molecule has 1 aromatic carbocycles. The Morgan fingerprint density at radius 1 is 1.05 bits per heavy atom. The molecule has 2 N–H and O–H groups in total. The van der Waals surface area contributed by atoms with Crippen LogP contribution in [0.3, 0.4) is 0 Å². The van der Waals surface area contributed by atoms with E-state index < -0.39 is 35.5 Å². The molecule has 2 aromatic heterocycles. The Bertz CT molecular complexity index is 1430. The molecular formula is C30H29N3O5S. The Morgan fingerprint density at radius 2 is 1.82 bits per heavy atom. The number of pyridine rings is 1. The number of thiophene rings is 1. The Hall–Kier alpha value is -4.24. The van der Waals surface area contributed by atoms with Crippen LogP contribution in [-0.2, 0) is 23.9 Å². The maximum absolute atomic E-state index is 14.6. The van der Waals surface area contributed by atoms with Crippen molar-refractivity contribution in [3.05, 3.63) is 105 Å². The van der Waals surface area contributed by atoms with Gasteiger partial charge in [-0.2, -0.15) is 0 Å². The highest BCUT2D eigenvalue weighted by atomic mass is 32.1. The Morgan fingerprint density at radius 3 is 2.46 bits per heavy atom. The number of anilines is 1. The van der Waals surface area contributed by atoms with Crippen molar-refractivity contribution in [2.24, 2.45) is 11.7 Å². The van der Waals surface area contributed by atoms with Gasteiger partial charge in [-0.15, -0.1) is 11.3 Å². The number of Topliss-reactive ketones (excluding diaryl/α,β-unsaturated/α-hetero) is 1. The molecule has 8 nitrogen and oxygen atoms in total. The first-order valence-corrected chi connectivity index (χ1v) is 13.7. The fourth-order valence-corrected chi connectivity index (χ4v) is 6.33. The molecular weight excluding hydrogens is 514 g/mol. The van der Waals surface area contributed by atoms with Crippen LogP contribution < -0.4 is 10.6 Å². The van der Waals surface area contributed by atoms with Crippen LogP contribution in [0.5, 0.6) is 0 Å². The molecule has 0 radical (unpaired) electrons. The number of allylic oxidation sites excluding steroid dienone is 2. The molecule has 1 aliphatic carbocycles. The largest absolute Gasteiger partial charge is 0.465 e. The summed E-state index contributed by atoms with van der Waals surface area (Å²) in [5, 5.41) is 1.92. The molecule has 200 valence electrons. The standard InChI is InChI=1S/C30H29N3O5S/c1-3-37-29(35)24-20(22-13-9-15-39-22)16-21-25(27(24)34)23(18-10-8-14-32-17-18)26(30(36)38-4-2)28(31)33(21)19-11-6-5-7-12-19/h5-15,17,20,23-24H,3-4,16,31H2,1-2H3/t20-,23-,24-/m0/s1. The molecule has 0 saturated carbocycles. The molecule has 39 heavy (non-hydrogen) atoms. The third-order valence-electron chi connectivity index (χ3n) is 7.02. The number of nitrogens with zero attached hydrogens (tertiary/aromatic N) is 2. The lowest BCUT2D eigenvalue weighted by molar-refractivity contribution is -0.152. The van der Waals surface area contributed by atoms with Gasteiger partial charge in [0.2, 0.25) is 0 Å². The average molecular weight is 544 g/mol. The van der Waals surface area contributed by atoms with Crippen molar-refractivity contribution < 1.29 is 23.9 Å². The number of para-hydroxylation sites is 1. The topological polar surface area (TPSA) is 112 Å². The molecule has 0 saturated heterocycles. The molecule has 0 fully saturated rings. The number of esters is 2. The molecule has 3 atom stereocenters. The van der Waals surface area contributed by atoms with Gasteiger partial charge in [-0.3, -0.25) is 19.5 Å². The summed E-state index contributed by atoms with van der Waals surface area (Å²) >= 11 is 1.49. The zero-order chi connectivity index (χ0) is 27.5. The Labute approximate surface area is 230 Å². The van der Waals surface area contributed by atoms with E-state index in [4.69, 9.17) is 15.2 Å². The predicted octanol–water partition coefficient (Wildman–Crippen LogP) is 4.67. The molecule has 9 heteroatoms. The third-order valence-corrected chi connectivity index (χ3v) is 8.02. The molecule has 2 aliphatic rings. The number of rotatable bonds is 7. The second-order valence-corrected chi connectivity index (χ2v) is 10.2. The summed E-state index contributed by atoms with van der Waals surface area (Å²) in [6.07, 6.45) is 3.57. The van der Waals surface area contributed by atoms with E-state index in [2.05, 4.69) is 4.98 Å². The van der Waals surface area contributed by atoms with Gasteiger partial charge in [0, 0.05) is 40.1 Å². The molecule has 5 rings (SSSR count). The van der Waals surface area contributed by atoms with Crippen molar-refractivity contribution in [1.29, 1.82) is 0 Å². The SMILES string of the molecule is CCOC(=O)C1=C(N)N(c2ccccc2)C2=C(C(=O)[C@@H](C(=O)OCC)[C@H](c3cccs3)C2)[C@@H]1c1cccnc1. The summed E-state index contributed by atoms with van der Waals surface area (Å²) in [6, 6.07) is 16.7. The van der Waals surface area contributed by atoms with Gasteiger partial charge in [0.05, 0.1) is 24.7 Å². The molecule has 3 heterocycles. The first kappa shape index (κ1) is 26.4. The third kappa shape index (κ3) is 4.74. The van der Waals surface area contributed by atoms with E-state index in [1.165, 1.54) is 11.3 Å². The predicted molar refractivity (Wildman–Crippen MR) is 148 cm³/mol. The van der Waals surface area contributed by atoms with Crippen LogP contribution in [0.15, 0.2) is 95.0 Å². The van der Waals surface area contributed by atoms with Gasteiger partial charge in [-0.05, 0) is 55.5 Å². The van der Waals surface area contributed by atoms with Gasteiger partial charge in [-0.25, -0.2) is 4.79 Å². The van der Waals surface area contributed by atoms with Crippen molar-refractivity contribution >= 4 is 34.7 Å². The lowest BCUT2D eigenvalue weighted by Gasteiger charge is -2.43. The summed E-state index contributed by atoms with van der Waals surface area (Å²) in [5.41, 5.74) is 9.23. The number of ketones is 1. The summed E-state index contributed by atoms with van der Waals surface area (Å²) in [4.78, 5) is 48.3. The number of hydrogen-bond donors (Lipinski definition) is 1. The highest BCUT2D eigenvalue weighted by Gasteiger charge is 2.51. The van der Waals surface area contributed by atoms with E-state index >= 15 is 0 Å². The number of hydrogen-bond acceptors (Lipinski definition) is 9. The lowest BCUT2D eigenvalue weighted by atomic mass is 9.68. The van der Waals surface area contributed by atoms with Crippen LogP contribution in [0.25, 0.3) is 0 Å². The van der Waals surface area contributed by atoms with Gasteiger partial charge in [0.25, 0.3) is 0 Å². The van der Waals surface area contributed by atoms with Gasteiger partial charge in [0.15, 0.2) is 5.78 Å². The fraction of sp³-hybridized carbons (Fsp3) is 0.267. The Balaban J connectivity index is 1.80. The van der Waals surface area contributed by atoms with Crippen LogP contribution in [0.1, 0.15) is 42.5 Å². The van der Waals surface area contributed by atoms with Crippen molar-refractivity contribution in [2.75, 3.05) is 18.1 Å².